The van der Waals surface area contributed by atoms with Gasteiger partial charge in [0.1, 0.15) is 11.3 Å². The summed E-state index contributed by atoms with van der Waals surface area (Å²) >= 11 is 4.68. The van der Waals surface area contributed by atoms with Crippen molar-refractivity contribution in [3.63, 3.8) is 0 Å². The van der Waals surface area contributed by atoms with Gasteiger partial charge in [-0.1, -0.05) is 6.07 Å². The van der Waals surface area contributed by atoms with E-state index in [1.807, 2.05) is 12.3 Å². The zero-order valence-electron chi connectivity index (χ0n) is 9.92. The highest BCUT2D eigenvalue weighted by molar-refractivity contribution is 14.1. The van der Waals surface area contributed by atoms with Crippen molar-refractivity contribution in [2.45, 2.75) is 19.6 Å². The van der Waals surface area contributed by atoms with Crippen molar-refractivity contribution in [3.05, 3.63) is 31.5 Å². The molecule has 1 aromatic carbocycles. The van der Waals surface area contributed by atoms with E-state index in [2.05, 4.69) is 81.9 Å². The third kappa shape index (κ3) is 3.11. The molecule has 0 aliphatic heterocycles. The summed E-state index contributed by atoms with van der Waals surface area (Å²) in [6.07, 6.45) is 1.82. The fraction of sp³-hybridized carbons (Fsp3) is 0.250. The fourth-order valence-electron chi connectivity index (χ4n) is 1.55. The first kappa shape index (κ1) is 13.5. The van der Waals surface area contributed by atoms with Crippen LogP contribution in [0.3, 0.4) is 0 Å². The second-order valence-corrected chi connectivity index (χ2v) is 11.5. The van der Waals surface area contributed by atoms with Crippen LogP contribution in [-0.4, -0.2) is 13.3 Å². The van der Waals surface area contributed by atoms with Crippen LogP contribution in [-0.2, 0) is 0 Å². The van der Waals surface area contributed by atoms with Gasteiger partial charge in [-0.2, -0.15) is 0 Å². The highest BCUT2D eigenvalue weighted by Crippen LogP contribution is 2.34. The molecule has 2 aromatic rings. The van der Waals surface area contributed by atoms with Gasteiger partial charge in [0.05, 0.1) is 3.57 Å². The molecular weight excluding hydrogens is 456 g/mol. The Balaban J connectivity index is 2.69. The van der Waals surface area contributed by atoms with Gasteiger partial charge in [0.2, 0.25) is 8.32 Å². The summed E-state index contributed by atoms with van der Waals surface area (Å²) < 4.78 is 8.53. The maximum atomic E-state index is 6.17. The van der Waals surface area contributed by atoms with Crippen molar-refractivity contribution in [3.8, 4) is 5.75 Å². The molecule has 1 aromatic heterocycles. The van der Waals surface area contributed by atoms with Crippen molar-refractivity contribution < 1.29 is 4.43 Å². The van der Waals surface area contributed by atoms with E-state index >= 15 is 0 Å². The van der Waals surface area contributed by atoms with Gasteiger partial charge in [-0.15, -0.1) is 0 Å². The van der Waals surface area contributed by atoms with E-state index in [1.165, 1.54) is 8.96 Å². The van der Waals surface area contributed by atoms with Crippen LogP contribution in [0.25, 0.3) is 10.9 Å². The van der Waals surface area contributed by atoms with Gasteiger partial charge in [-0.05, 0) is 77.0 Å². The van der Waals surface area contributed by atoms with Gasteiger partial charge in [-0.3, -0.25) is 4.98 Å². The summed E-state index contributed by atoms with van der Waals surface area (Å²) in [4.78, 5) is 4.47. The van der Waals surface area contributed by atoms with Crippen molar-refractivity contribution in [1.82, 2.24) is 4.98 Å². The molecule has 1 heterocycles. The number of fused-ring (bicyclic) bond motifs is 1. The first-order valence-corrected chi connectivity index (χ1v) is 10.9. The Labute approximate surface area is 130 Å². The highest BCUT2D eigenvalue weighted by Gasteiger charge is 2.20. The van der Waals surface area contributed by atoms with Gasteiger partial charge < -0.3 is 4.43 Å². The number of rotatable bonds is 2. The Morgan fingerprint density at radius 2 is 1.88 bits per heavy atom. The Hall–Kier alpha value is 0.107. The SMILES string of the molecule is C[Si](C)(C)Oc1c(I)cc(I)c2cccnc12. The molecular formula is C12H13I2NOSi. The summed E-state index contributed by atoms with van der Waals surface area (Å²) in [6, 6.07) is 6.22. The molecule has 0 N–H and O–H groups in total. The van der Waals surface area contributed by atoms with Crippen LogP contribution < -0.4 is 4.43 Å². The summed E-state index contributed by atoms with van der Waals surface area (Å²) in [6.45, 7) is 6.57. The lowest BCUT2D eigenvalue weighted by Gasteiger charge is -2.21. The quantitative estimate of drug-likeness (QED) is 0.472. The van der Waals surface area contributed by atoms with Crippen LogP contribution in [0.15, 0.2) is 24.4 Å². The molecule has 17 heavy (non-hydrogen) atoms. The van der Waals surface area contributed by atoms with Crippen molar-refractivity contribution in [2.24, 2.45) is 0 Å². The first-order valence-electron chi connectivity index (χ1n) is 5.30. The van der Waals surface area contributed by atoms with Crippen molar-refractivity contribution in [2.75, 3.05) is 0 Å². The van der Waals surface area contributed by atoms with E-state index in [1.54, 1.807) is 0 Å². The van der Waals surface area contributed by atoms with E-state index in [9.17, 15) is 0 Å². The minimum Gasteiger partial charge on any atom is -0.542 e. The summed E-state index contributed by atoms with van der Waals surface area (Å²) in [7, 11) is -1.61. The molecule has 5 heteroatoms. The zero-order valence-corrected chi connectivity index (χ0v) is 15.2. The van der Waals surface area contributed by atoms with Gasteiger partial charge in [0.15, 0.2) is 0 Å². The number of hydrogen-bond acceptors (Lipinski definition) is 2. The molecule has 0 bridgehead atoms. The van der Waals surface area contributed by atoms with E-state index in [0.29, 0.717) is 0 Å². The summed E-state index contributed by atoms with van der Waals surface area (Å²) in [5, 5.41) is 1.17. The summed E-state index contributed by atoms with van der Waals surface area (Å²) in [5.41, 5.74) is 0.978. The second-order valence-electron chi connectivity index (χ2n) is 4.78. The van der Waals surface area contributed by atoms with Crippen LogP contribution in [0, 0.1) is 7.14 Å². The molecule has 0 radical (unpaired) electrons. The predicted molar refractivity (Wildman–Crippen MR) is 91.2 cm³/mol. The van der Waals surface area contributed by atoms with Crippen LogP contribution in [0.4, 0.5) is 0 Å². The molecule has 0 aliphatic carbocycles. The third-order valence-corrected chi connectivity index (χ3v) is 4.67. The van der Waals surface area contributed by atoms with E-state index < -0.39 is 8.32 Å². The zero-order chi connectivity index (χ0) is 12.6. The predicted octanol–water partition coefficient (Wildman–Crippen LogP) is 4.66. The normalized spacial score (nSPS) is 11.8. The van der Waals surface area contributed by atoms with Crippen molar-refractivity contribution >= 4 is 64.4 Å². The molecule has 90 valence electrons. The van der Waals surface area contributed by atoms with E-state index in [0.717, 1.165) is 14.8 Å². The maximum Gasteiger partial charge on any atom is 0.242 e. The lowest BCUT2D eigenvalue weighted by Crippen LogP contribution is -2.29. The Morgan fingerprint density at radius 1 is 1.18 bits per heavy atom. The molecule has 0 atom stereocenters. The Bertz CT molecular complexity index is 566. The average Bonchev–Trinajstić information content (AvgIpc) is 2.23. The van der Waals surface area contributed by atoms with Crippen LogP contribution >= 0.6 is 45.2 Å². The standard InChI is InChI=1S/C12H13I2NOSi/c1-17(2,3)16-12-10(14)7-9(13)8-5-4-6-15-11(8)12/h4-7H,1-3H3. The number of halogens is 2. The molecule has 0 aliphatic rings. The van der Waals surface area contributed by atoms with Gasteiger partial charge in [-0.25, -0.2) is 0 Å². The van der Waals surface area contributed by atoms with Gasteiger partial charge in [0.25, 0.3) is 0 Å². The Morgan fingerprint density at radius 3 is 2.53 bits per heavy atom. The maximum absolute atomic E-state index is 6.17. The number of nitrogens with zero attached hydrogens (tertiary/aromatic N) is 1. The van der Waals surface area contributed by atoms with Gasteiger partial charge >= 0.3 is 0 Å². The third-order valence-electron chi connectivity index (χ3n) is 2.16. The molecule has 0 spiro atoms. The number of aromatic nitrogens is 1. The molecule has 0 saturated heterocycles. The fourth-order valence-corrected chi connectivity index (χ4v) is 4.60. The van der Waals surface area contributed by atoms with Crippen LogP contribution in [0.5, 0.6) is 5.75 Å². The van der Waals surface area contributed by atoms with Crippen LogP contribution in [0.1, 0.15) is 0 Å². The Kier molecular flexibility index (Phi) is 3.98. The first-order chi connectivity index (χ1) is 7.88. The highest BCUT2D eigenvalue weighted by atomic mass is 127. The number of benzene rings is 1. The average molecular weight is 469 g/mol. The molecule has 2 rings (SSSR count). The molecule has 0 amide bonds. The van der Waals surface area contributed by atoms with Gasteiger partial charge in [0, 0.05) is 15.2 Å². The topological polar surface area (TPSA) is 22.1 Å². The van der Waals surface area contributed by atoms with Crippen molar-refractivity contribution in [1.29, 1.82) is 0 Å². The lowest BCUT2D eigenvalue weighted by atomic mass is 10.2. The number of hydrogen-bond donors (Lipinski definition) is 0. The van der Waals surface area contributed by atoms with E-state index in [-0.39, 0.29) is 0 Å². The molecule has 2 nitrogen and oxygen atoms in total. The minimum atomic E-state index is -1.61. The smallest absolute Gasteiger partial charge is 0.242 e. The minimum absolute atomic E-state index is 0.945. The molecule has 0 fully saturated rings. The second kappa shape index (κ2) is 5.00. The van der Waals surface area contributed by atoms with Crippen LogP contribution in [0.2, 0.25) is 19.6 Å². The molecule has 0 unspecified atom stereocenters. The monoisotopic (exact) mass is 469 g/mol. The number of pyridine rings is 1. The van der Waals surface area contributed by atoms with E-state index in [4.69, 9.17) is 4.43 Å². The largest absolute Gasteiger partial charge is 0.542 e. The molecule has 0 saturated carbocycles. The summed E-state index contributed by atoms with van der Waals surface area (Å²) in [5.74, 6) is 0.945. The lowest BCUT2D eigenvalue weighted by molar-refractivity contribution is 0.559.